The molecule has 0 aliphatic heterocycles. The number of para-hydroxylation sites is 2. The summed E-state index contributed by atoms with van der Waals surface area (Å²) in [5.74, 6) is 0.258. The molecule has 4 nitrogen and oxygen atoms in total. The van der Waals surface area contributed by atoms with Crippen LogP contribution in [-0.2, 0) is 11.0 Å². The van der Waals surface area contributed by atoms with Crippen LogP contribution in [0.3, 0.4) is 0 Å². The minimum Gasteiger partial charge on any atom is -0.493 e. The van der Waals surface area contributed by atoms with Gasteiger partial charge in [-0.2, -0.15) is 13.2 Å². The maximum Gasteiger partial charge on any atom is 0.416 e. The summed E-state index contributed by atoms with van der Waals surface area (Å²) in [4.78, 5) is 11.9. The summed E-state index contributed by atoms with van der Waals surface area (Å²) in [6.07, 6.45) is -4.50. The number of rotatable bonds is 5. The van der Waals surface area contributed by atoms with Crippen LogP contribution in [0.2, 0.25) is 5.02 Å². The second-order valence-corrected chi connectivity index (χ2v) is 5.09. The van der Waals surface area contributed by atoms with Crippen molar-refractivity contribution in [3.63, 3.8) is 0 Å². The summed E-state index contributed by atoms with van der Waals surface area (Å²) >= 11 is 5.77. The topological polar surface area (TPSA) is 47.6 Å². The van der Waals surface area contributed by atoms with Crippen LogP contribution in [0.5, 0.6) is 11.5 Å². The van der Waals surface area contributed by atoms with Crippen molar-refractivity contribution in [1.82, 2.24) is 0 Å². The predicted octanol–water partition coefficient (Wildman–Crippen LogP) is 4.38. The van der Waals surface area contributed by atoms with E-state index in [0.29, 0.717) is 11.5 Å². The molecule has 0 atom stereocenters. The Balaban J connectivity index is 2.00. The van der Waals surface area contributed by atoms with E-state index in [-0.39, 0.29) is 17.3 Å². The second-order valence-electron chi connectivity index (χ2n) is 4.68. The lowest BCUT2D eigenvalue weighted by atomic mass is 10.2. The fourth-order valence-corrected chi connectivity index (χ4v) is 2.09. The molecule has 0 unspecified atom stereocenters. The van der Waals surface area contributed by atoms with Crippen LogP contribution in [0.4, 0.5) is 18.9 Å². The van der Waals surface area contributed by atoms with E-state index in [9.17, 15) is 18.0 Å². The molecule has 2 aromatic rings. The van der Waals surface area contributed by atoms with Gasteiger partial charge in [0.1, 0.15) is 0 Å². The zero-order valence-electron chi connectivity index (χ0n) is 12.5. The van der Waals surface area contributed by atoms with Gasteiger partial charge in [0, 0.05) is 0 Å². The average Bonchev–Trinajstić information content (AvgIpc) is 2.54. The van der Waals surface area contributed by atoms with Crippen molar-refractivity contribution >= 4 is 23.2 Å². The fourth-order valence-electron chi connectivity index (χ4n) is 1.86. The SMILES string of the molecule is COc1ccccc1OCC(=O)Nc1ccc(C(F)(F)F)cc1Cl. The number of hydrogen-bond acceptors (Lipinski definition) is 3. The van der Waals surface area contributed by atoms with E-state index in [0.717, 1.165) is 18.2 Å². The summed E-state index contributed by atoms with van der Waals surface area (Å²) in [6.45, 7) is -0.349. The minimum atomic E-state index is -4.50. The van der Waals surface area contributed by atoms with Crippen LogP contribution in [0.15, 0.2) is 42.5 Å². The third-order valence-corrected chi connectivity index (χ3v) is 3.31. The largest absolute Gasteiger partial charge is 0.493 e. The van der Waals surface area contributed by atoms with Crippen molar-refractivity contribution in [1.29, 1.82) is 0 Å². The highest BCUT2D eigenvalue weighted by molar-refractivity contribution is 6.33. The highest BCUT2D eigenvalue weighted by Crippen LogP contribution is 2.33. The summed E-state index contributed by atoms with van der Waals surface area (Å²) in [5, 5.41) is 2.18. The van der Waals surface area contributed by atoms with Gasteiger partial charge < -0.3 is 14.8 Å². The van der Waals surface area contributed by atoms with Gasteiger partial charge in [0.2, 0.25) is 0 Å². The Labute approximate surface area is 141 Å². The zero-order valence-corrected chi connectivity index (χ0v) is 13.2. The quantitative estimate of drug-likeness (QED) is 0.861. The van der Waals surface area contributed by atoms with Crippen LogP contribution >= 0.6 is 11.6 Å². The number of alkyl halides is 3. The van der Waals surface area contributed by atoms with Crippen LogP contribution in [0.25, 0.3) is 0 Å². The van der Waals surface area contributed by atoms with Crippen LogP contribution in [-0.4, -0.2) is 19.6 Å². The van der Waals surface area contributed by atoms with E-state index >= 15 is 0 Å². The number of halogens is 4. The maximum atomic E-state index is 12.6. The molecule has 24 heavy (non-hydrogen) atoms. The van der Waals surface area contributed by atoms with Crippen molar-refractivity contribution in [3.8, 4) is 11.5 Å². The van der Waals surface area contributed by atoms with E-state index in [1.54, 1.807) is 24.3 Å². The number of carbonyl (C=O) groups excluding carboxylic acids is 1. The average molecular weight is 360 g/mol. The lowest BCUT2D eigenvalue weighted by molar-refractivity contribution is -0.137. The van der Waals surface area contributed by atoms with Crippen molar-refractivity contribution in [2.45, 2.75) is 6.18 Å². The number of benzene rings is 2. The summed E-state index contributed by atoms with van der Waals surface area (Å²) < 4.78 is 48.1. The molecule has 0 aliphatic carbocycles. The maximum absolute atomic E-state index is 12.6. The van der Waals surface area contributed by atoms with Gasteiger partial charge in [-0.05, 0) is 30.3 Å². The molecule has 1 N–H and O–H groups in total. The van der Waals surface area contributed by atoms with E-state index in [1.807, 2.05) is 0 Å². The van der Waals surface area contributed by atoms with Crippen LogP contribution in [0, 0.1) is 0 Å². The Morgan fingerprint density at radius 3 is 2.42 bits per heavy atom. The van der Waals surface area contributed by atoms with E-state index in [4.69, 9.17) is 21.1 Å². The van der Waals surface area contributed by atoms with Crippen molar-refractivity contribution in [2.24, 2.45) is 0 Å². The zero-order chi connectivity index (χ0) is 17.7. The molecule has 128 valence electrons. The van der Waals surface area contributed by atoms with E-state index in [1.165, 1.54) is 7.11 Å². The number of nitrogens with one attached hydrogen (secondary N) is 1. The number of carbonyl (C=O) groups is 1. The lowest BCUT2D eigenvalue weighted by Crippen LogP contribution is -2.20. The molecule has 0 saturated heterocycles. The van der Waals surface area contributed by atoms with Gasteiger partial charge in [-0.1, -0.05) is 23.7 Å². The third kappa shape index (κ3) is 4.55. The Bertz CT molecular complexity index is 735. The second kappa shape index (κ2) is 7.44. The molecule has 0 aliphatic rings. The summed E-state index contributed by atoms with van der Waals surface area (Å²) in [6, 6.07) is 9.42. The number of methoxy groups -OCH3 is 1. The molecule has 2 aromatic carbocycles. The van der Waals surface area contributed by atoms with Gasteiger partial charge in [0.25, 0.3) is 5.91 Å². The van der Waals surface area contributed by atoms with Crippen molar-refractivity contribution in [2.75, 3.05) is 19.0 Å². The molecule has 0 fully saturated rings. The lowest BCUT2D eigenvalue weighted by Gasteiger charge is -2.12. The van der Waals surface area contributed by atoms with Crippen molar-refractivity contribution in [3.05, 3.63) is 53.1 Å². The first-order valence-corrected chi connectivity index (χ1v) is 7.11. The Kier molecular flexibility index (Phi) is 5.56. The minimum absolute atomic E-state index is 0.0679. The first kappa shape index (κ1) is 17.9. The number of anilines is 1. The molecule has 8 heteroatoms. The molecule has 0 radical (unpaired) electrons. The van der Waals surface area contributed by atoms with Gasteiger partial charge in [-0.3, -0.25) is 4.79 Å². The molecular formula is C16H13ClF3NO3. The van der Waals surface area contributed by atoms with E-state index < -0.39 is 17.6 Å². The fraction of sp³-hybridized carbons (Fsp3) is 0.188. The molecule has 0 aromatic heterocycles. The molecular weight excluding hydrogens is 347 g/mol. The molecule has 0 saturated carbocycles. The van der Waals surface area contributed by atoms with Gasteiger partial charge in [-0.25, -0.2) is 0 Å². The summed E-state index contributed by atoms with van der Waals surface area (Å²) in [5.41, 5.74) is -0.825. The molecule has 0 bridgehead atoms. The van der Waals surface area contributed by atoms with Crippen LogP contribution < -0.4 is 14.8 Å². The molecule has 0 heterocycles. The van der Waals surface area contributed by atoms with Gasteiger partial charge in [-0.15, -0.1) is 0 Å². The van der Waals surface area contributed by atoms with Gasteiger partial charge >= 0.3 is 6.18 Å². The smallest absolute Gasteiger partial charge is 0.416 e. The highest BCUT2D eigenvalue weighted by atomic mass is 35.5. The van der Waals surface area contributed by atoms with Gasteiger partial charge in [0.05, 0.1) is 23.4 Å². The van der Waals surface area contributed by atoms with Gasteiger partial charge in [0.15, 0.2) is 18.1 Å². The molecule has 2 rings (SSSR count). The molecule has 1 amide bonds. The monoisotopic (exact) mass is 359 g/mol. The number of amides is 1. The Hall–Kier alpha value is -2.41. The van der Waals surface area contributed by atoms with E-state index in [2.05, 4.69) is 5.32 Å². The number of ether oxygens (including phenoxy) is 2. The predicted molar refractivity (Wildman–Crippen MR) is 83.6 cm³/mol. The standard InChI is InChI=1S/C16H13ClF3NO3/c1-23-13-4-2-3-5-14(13)24-9-15(22)21-12-7-6-10(8-11(12)17)16(18,19)20/h2-8H,9H2,1H3,(H,21,22). The third-order valence-electron chi connectivity index (χ3n) is 3.00. The Morgan fingerprint density at radius 1 is 1.17 bits per heavy atom. The first-order valence-electron chi connectivity index (χ1n) is 6.73. The summed E-state index contributed by atoms with van der Waals surface area (Å²) in [7, 11) is 1.46. The normalized spacial score (nSPS) is 11.0. The first-order chi connectivity index (χ1) is 11.3. The Morgan fingerprint density at radius 2 is 1.83 bits per heavy atom. The molecule has 0 spiro atoms. The van der Waals surface area contributed by atoms with Crippen molar-refractivity contribution < 1.29 is 27.4 Å². The van der Waals surface area contributed by atoms with Crippen LogP contribution in [0.1, 0.15) is 5.56 Å². The number of hydrogen-bond donors (Lipinski definition) is 1. The highest BCUT2D eigenvalue weighted by Gasteiger charge is 2.31.